The third kappa shape index (κ3) is 3.93. The largest absolute Gasteiger partial charge is 0.467 e. The first kappa shape index (κ1) is 15.4. The van der Waals surface area contributed by atoms with Crippen LogP contribution in [0.2, 0.25) is 0 Å². The van der Waals surface area contributed by atoms with Gasteiger partial charge in [-0.2, -0.15) is 0 Å². The summed E-state index contributed by atoms with van der Waals surface area (Å²) in [4.78, 5) is 0. The highest BCUT2D eigenvalue weighted by Crippen LogP contribution is 2.47. The van der Waals surface area contributed by atoms with Crippen LogP contribution in [-0.2, 0) is 4.74 Å². The van der Waals surface area contributed by atoms with Crippen molar-refractivity contribution in [2.24, 2.45) is 0 Å². The quantitative estimate of drug-likeness (QED) is 0.580. The summed E-state index contributed by atoms with van der Waals surface area (Å²) >= 11 is 0. The Balaban J connectivity index is 3.13. The van der Waals surface area contributed by atoms with Crippen LogP contribution in [0.1, 0.15) is 27.7 Å². The maximum atomic E-state index is 13.5. The normalized spacial score (nSPS) is 11.6. The lowest BCUT2D eigenvalue weighted by molar-refractivity contribution is 0.0518. The molecule has 0 heterocycles. The van der Waals surface area contributed by atoms with Crippen LogP contribution >= 0.6 is 7.92 Å². The van der Waals surface area contributed by atoms with E-state index in [0.717, 1.165) is 11.1 Å². The summed E-state index contributed by atoms with van der Waals surface area (Å²) in [5.41, 5.74) is 0.985. The van der Waals surface area contributed by atoms with Crippen molar-refractivity contribution < 1.29 is 13.9 Å². The van der Waals surface area contributed by atoms with Crippen LogP contribution in [0, 0.1) is 5.82 Å². The van der Waals surface area contributed by atoms with Crippen LogP contribution in [0.15, 0.2) is 18.2 Å². The standard InChI is InChI=1S/C14H22FO2P/c1-10(2)18(11(3)4)14-8-12(15)6-7-13(14)17-9-16-5/h6-8,10-11H,9H2,1-5H3. The van der Waals surface area contributed by atoms with Crippen molar-refractivity contribution in [3.63, 3.8) is 0 Å². The molecule has 0 aromatic heterocycles. The molecule has 4 heteroatoms. The van der Waals surface area contributed by atoms with Crippen molar-refractivity contribution in [2.45, 2.75) is 39.0 Å². The van der Waals surface area contributed by atoms with Crippen LogP contribution in [-0.4, -0.2) is 25.2 Å². The zero-order chi connectivity index (χ0) is 13.7. The summed E-state index contributed by atoms with van der Waals surface area (Å²) < 4.78 is 24.0. The zero-order valence-electron chi connectivity index (χ0n) is 11.7. The first-order valence-electron chi connectivity index (χ1n) is 6.17. The molecule has 1 aromatic rings. The lowest BCUT2D eigenvalue weighted by atomic mass is 10.3. The SMILES string of the molecule is COCOc1ccc(F)cc1P(C(C)C)C(C)C. The summed E-state index contributed by atoms with van der Waals surface area (Å²) in [6, 6.07) is 4.74. The first-order chi connectivity index (χ1) is 8.47. The molecule has 0 bridgehead atoms. The molecule has 1 rings (SSSR count). The molecular weight excluding hydrogens is 250 g/mol. The Kier molecular flexibility index (Phi) is 6.04. The van der Waals surface area contributed by atoms with Gasteiger partial charge in [-0.15, -0.1) is 0 Å². The lowest BCUT2D eigenvalue weighted by Crippen LogP contribution is -2.18. The van der Waals surface area contributed by atoms with Gasteiger partial charge in [0.25, 0.3) is 0 Å². The molecule has 1 aromatic carbocycles. The number of ether oxygens (including phenoxy) is 2. The van der Waals surface area contributed by atoms with E-state index in [4.69, 9.17) is 9.47 Å². The molecule has 18 heavy (non-hydrogen) atoms. The molecule has 0 saturated carbocycles. The molecule has 0 unspecified atom stereocenters. The zero-order valence-corrected chi connectivity index (χ0v) is 12.6. The summed E-state index contributed by atoms with van der Waals surface area (Å²) in [6.45, 7) is 8.90. The molecule has 0 spiro atoms. The minimum atomic E-state index is -0.448. The molecule has 0 saturated heterocycles. The average Bonchev–Trinajstić information content (AvgIpc) is 2.27. The van der Waals surface area contributed by atoms with Gasteiger partial charge in [0.2, 0.25) is 0 Å². The molecular formula is C14H22FO2P. The fourth-order valence-electron chi connectivity index (χ4n) is 2.09. The van der Waals surface area contributed by atoms with Crippen molar-refractivity contribution in [1.82, 2.24) is 0 Å². The Labute approximate surface area is 110 Å². The van der Waals surface area contributed by atoms with Gasteiger partial charge in [-0.3, -0.25) is 0 Å². The Morgan fingerprint density at radius 2 is 1.78 bits per heavy atom. The number of rotatable bonds is 6. The summed E-state index contributed by atoms with van der Waals surface area (Å²) in [6.07, 6.45) is 0. The molecule has 0 radical (unpaired) electrons. The highest BCUT2D eigenvalue weighted by Gasteiger charge is 2.23. The topological polar surface area (TPSA) is 18.5 Å². The van der Waals surface area contributed by atoms with Gasteiger partial charge in [0.05, 0.1) is 0 Å². The second-order valence-corrected chi connectivity index (χ2v) is 8.12. The van der Waals surface area contributed by atoms with Crippen molar-refractivity contribution >= 4 is 13.2 Å². The lowest BCUT2D eigenvalue weighted by Gasteiger charge is -2.27. The summed E-state index contributed by atoms with van der Waals surface area (Å²) in [7, 11) is 1.13. The van der Waals surface area contributed by atoms with Gasteiger partial charge in [-0.25, -0.2) is 4.39 Å². The van der Waals surface area contributed by atoms with Crippen LogP contribution in [0.4, 0.5) is 4.39 Å². The van der Waals surface area contributed by atoms with Crippen LogP contribution < -0.4 is 10.0 Å². The van der Waals surface area contributed by atoms with E-state index in [1.807, 2.05) is 0 Å². The fraction of sp³-hybridized carbons (Fsp3) is 0.571. The van der Waals surface area contributed by atoms with Gasteiger partial charge in [0.15, 0.2) is 6.79 Å². The van der Waals surface area contributed by atoms with Crippen LogP contribution in [0.25, 0.3) is 0 Å². The number of benzene rings is 1. The van der Waals surface area contributed by atoms with Crippen molar-refractivity contribution in [3.8, 4) is 5.75 Å². The molecule has 0 aliphatic carbocycles. The van der Waals surface area contributed by atoms with E-state index in [-0.39, 0.29) is 12.6 Å². The van der Waals surface area contributed by atoms with Gasteiger partial charge in [0, 0.05) is 12.4 Å². The van der Waals surface area contributed by atoms with Crippen LogP contribution in [0.5, 0.6) is 5.75 Å². The Bertz CT molecular complexity index is 372. The van der Waals surface area contributed by atoms with E-state index in [1.54, 1.807) is 19.2 Å². The monoisotopic (exact) mass is 272 g/mol. The van der Waals surface area contributed by atoms with E-state index >= 15 is 0 Å². The minimum Gasteiger partial charge on any atom is -0.467 e. The number of methoxy groups -OCH3 is 1. The highest BCUT2D eigenvalue weighted by atomic mass is 31.1. The van der Waals surface area contributed by atoms with Gasteiger partial charge in [-0.1, -0.05) is 35.6 Å². The predicted molar refractivity (Wildman–Crippen MR) is 75.7 cm³/mol. The van der Waals surface area contributed by atoms with Crippen molar-refractivity contribution in [1.29, 1.82) is 0 Å². The van der Waals surface area contributed by atoms with E-state index in [1.165, 1.54) is 6.07 Å². The number of hydrogen-bond acceptors (Lipinski definition) is 2. The van der Waals surface area contributed by atoms with Gasteiger partial charge < -0.3 is 9.47 Å². The molecule has 0 N–H and O–H groups in total. The van der Waals surface area contributed by atoms with E-state index in [9.17, 15) is 4.39 Å². The molecule has 102 valence electrons. The summed E-state index contributed by atoms with van der Waals surface area (Å²) in [5.74, 6) is 0.537. The molecule has 0 aliphatic rings. The van der Waals surface area contributed by atoms with Gasteiger partial charge >= 0.3 is 0 Å². The maximum Gasteiger partial charge on any atom is 0.188 e. The molecule has 0 fully saturated rings. The third-order valence-electron chi connectivity index (χ3n) is 2.64. The second-order valence-electron chi connectivity index (χ2n) is 4.76. The van der Waals surface area contributed by atoms with Crippen LogP contribution in [0.3, 0.4) is 0 Å². The van der Waals surface area contributed by atoms with E-state index < -0.39 is 7.92 Å². The third-order valence-corrected chi connectivity index (χ3v) is 5.78. The molecule has 0 aliphatic heterocycles. The maximum absolute atomic E-state index is 13.5. The molecule has 2 nitrogen and oxygen atoms in total. The smallest absolute Gasteiger partial charge is 0.188 e. The second kappa shape index (κ2) is 7.06. The Hall–Kier alpha value is -0.660. The highest BCUT2D eigenvalue weighted by molar-refractivity contribution is 7.67. The minimum absolute atomic E-state index is 0.192. The Morgan fingerprint density at radius 1 is 1.17 bits per heavy atom. The first-order valence-corrected chi connectivity index (χ1v) is 7.65. The van der Waals surface area contributed by atoms with Crippen molar-refractivity contribution in [2.75, 3.05) is 13.9 Å². The number of hydrogen-bond donors (Lipinski definition) is 0. The van der Waals surface area contributed by atoms with E-state index in [0.29, 0.717) is 11.3 Å². The molecule has 0 amide bonds. The fourth-order valence-corrected chi connectivity index (χ4v) is 5.06. The summed E-state index contributed by atoms with van der Waals surface area (Å²) in [5, 5.41) is 0.993. The van der Waals surface area contributed by atoms with Crippen molar-refractivity contribution in [3.05, 3.63) is 24.0 Å². The average molecular weight is 272 g/mol. The Morgan fingerprint density at radius 3 is 2.28 bits per heavy atom. The predicted octanol–water partition coefficient (Wildman–Crippen LogP) is 3.73. The van der Waals surface area contributed by atoms with E-state index in [2.05, 4.69) is 27.7 Å². The number of halogens is 1. The van der Waals surface area contributed by atoms with Gasteiger partial charge in [0.1, 0.15) is 11.6 Å². The van der Waals surface area contributed by atoms with Gasteiger partial charge in [-0.05, 0) is 29.5 Å². The molecule has 0 atom stereocenters.